The summed E-state index contributed by atoms with van der Waals surface area (Å²) in [7, 11) is 0. The summed E-state index contributed by atoms with van der Waals surface area (Å²) in [4.78, 5) is 30.2. The highest BCUT2D eigenvalue weighted by molar-refractivity contribution is 6.06. The molecule has 1 atom stereocenters. The van der Waals surface area contributed by atoms with E-state index in [0.29, 0.717) is 35.1 Å². The Kier molecular flexibility index (Phi) is 5.38. The summed E-state index contributed by atoms with van der Waals surface area (Å²) in [5, 5.41) is 7.25. The lowest BCUT2D eigenvalue weighted by molar-refractivity contribution is -0.162. The van der Waals surface area contributed by atoms with Gasteiger partial charge in [0.25, 0.3) is 0 Å². The molecule has 31 heavy (non-hydrogen) atoms. The van der Waals surface area contributed by atoms with Crippen LogP contribution in [0.5, 0.6) is 0 Å². The van der Waals surface area contributed by atoms with E-state index < -0.39 is 18.6 Å². The minimum Gasteiger partial charge on any atom is -0.316 e. The number of nitrogens with one attached hydrogen (secondary N) is 1. The van der Waals surface area contributed by atoms with E-state index >= 15 is 0 Å². The van der Waals surface area contributed by atoms with Gasteiger partial charge in [-0.2, -0.15) is 18.3 Å². The maximum absolute atomic E-state index is 12.7. The zero-order valence-corrected chi connectivity index (χ0v) is 16.7. The number of pyridine rings is 1. The minimum atomic E-state index is -4.52. The summed E-state index contributed by atoms with van der Waals surface area (Å²) in [6.45, 7) is 1.31. The molecular formula is C21H20F3N5O2. The first-order chi connectivity index (χ1) is 14.7. The van der Waals surface area contributed by atoms with E-state index in [0.717, 1.165) is 11.1 Å². The van der Waals surface area contributed by atoms with Crippen LogP contribution in [0.2, 0.25) is 0 Å². The first-order valence-electron chi connectivity index (χ1n) is 9.73. The fraction of sp³-hybridized carbons (Fsp3) is 0.333. The number of amides is 3. The van der Waals surface area contributed by atoms with Crippen molar-refractivity contribution in [1.82, 2.24) is 14.9 Å². The molecule has 0 bridgehead atoms. The van der Waals surface area contributed by atoms with Gasteiger partial charge in [-0.25, -0.2) is 9.80 Å². The Morgan fingerprint density at radius 2 is 1.87 bits per heavy atom. The first-order valence-corrected chi connectivity index (χ1v) is 9.73. The molecule has 0 fully saturated rings. The summed E-state index contributed by atoms with van der Waals surface area (Å²) in [5.41, 5.74) is 3.63. The van der Waals surface area contributed by atoms with Gasteiger partial charge in [0.15, 0.2) is 0 Å². The lowest BCUT2D eigenvalue weighted by Gasteiger charge is -2.28. The van der Waals surface area contributed by atoms with Gasteiger partial charge in [0.1, 0.15) is 6.54 Å². The molecule has 0 aliphatic carbocycles. The van der Waals surface area contributed by atoms with Crippen molar-refractivity contribution in [2.45, 2.75) is 32.6 Å². The van der Waals surface area contributed by atoms with Crippen LogP contribution in [0.15, 0.2) is 47.8 Å². The molecule has 1 N–H and O–H groups in total. The van der Waals surface area contributed by atoms with Crippen molar-refractivity contribution >= 4 is 23.3 Å². The van der Waals surface area contributed by atoms with Crippen molar-refractivity contribution in [3.05, 3.63) is 59.4 Å². The lowest BCUT2D eigenvalue weighted by Crippen LogP contribution is -2.41. The number of rotatable bonds is 3. The lowest BCUT2D eigenvalue weighted by atomic mass is 9.93. The van der Waals surface area contributed by atoms with Crippen LogP contribution >= 0.6 is 0 Å². The molecule has 10 heteroatoms. The number of hydrogen-bond donors (Lipinski definition) is 1. The molecule has 7 nitrogen and oxygen atoms in total. The van der Waals surface area contributed by atoms with Crippen molar-refractivity contribution in [3.63, 3.8) is 0 Å². The van der Waals surface area contributed by atoms with Gasteiger partial charge < -0.3 is 10.2 Å². The molecule has 162 valence electrons. The first kappa shape index (κ1) is 20.8. The Morgan fingerprint density at radius 1 is 1.16 bits per heavy atom. The molecule has 0 radical (unpaired) electrons. The van der Waals surface area contributed by atoms with E-state index in [9.17, 15) is 22.8 Å². The zero-order chi connectivity index (χ0) is 22.2. The Bertz CT molecular complexity index is 1010. The average molecular weight is 431 g/mol. The number of halogens is 3. The predicted octanol–water partition coefficient (Wildman–Crippen LogP) is 3.76. The number of urea groups is 1. The second-order valence-corrected chi connectivity index (χ2v) is 7.66. The van der Waals surface area contributed by atoms with Gasteiger partial charge in [0, 0.05) is 43.5 Å². The predicted molar refractivity (Wildman–Crippen MR) is 107 cm³/mol. The van der Waals surface area contributed by atoms with Gasteiger partial charge in [-0.3, -0.25) is 9.78 Å². The van der Waals surface area contributed by atoms with Crippen LogP contribution in [-0.2, 0) is 17.9 Å². The molecule has 4 rings (SSSR count). The van der Waals surface area contributed by atoms with Crippen molar-refractivity contribution < 1.29 is 22.8 Å². The van der Waals surface area contributed by atoms with E-state index in [4.69, 9.17) is 0 Å². The van der Waals surface area contributed by atoms with E-state index in [1.807, 2.05) is 6.07 Å². The summed E-state index contributed by atoms with van der Waals surface area (Å²) >= 11 is 0. The molecule has 3 amide bonds. The second kappa shape index (κ2) is 8.01. The van der Waals surface area contributed by atoms with Crippen molar-refractivity contribution in [2.24, 2.45) is 11.0 Å². The molecule has 2 aliphatic heterocycles. The smallest absolute Gasteiger partial charge is 0.316 e. The largest absolute Gasteiger partial charge is 0.408 e. The maximum Gasteiger partial charge on any atom is 0.408 e. The van der Waals surface area contributed by atoms with E-state index in [1.165, 1.54) is 0 Å². The third-order valence-electron chi connectivity index (χ3n) is 5.24. The van der Waals surface area contributed by atoms with Gasteiger partial charge in [0.05, 0.1) is 5.71 Å². The second-order valence-electron chi connectivity index (χ2n) is 7.66. The van der Waals surface area contributed by atoms with Crippen LogP contribution in [0, 0.1) is 5.92 Å². The highest BCUT2D eigenvalue weighted by atomic mass is 19.4. The van der Waals surface area contributed by atoms with E-state index in [1.54, 1.807) is 48.5 Å². The number of carbonyl (C=O) groups is 2. The molecular weight excluding hydrogens is 411 g/mol. The third-order valence-corrected chi connectivity index (χ3v) is 5.24. The van der Waals surface area contributed by atoms with E-state index in [-0.39, 0.29) is 18.4 Å². The SMILES string of the molecule is CC1CC(=O)N(CC(F)(F)F)N=C1c1ccc(NC(=O)N2Cc3ccncc3C2)cc1. The Hall–Kier alpha value is -3.43. The highest BCUT2D eigenvalue weighted by Crippen LogP contribution is 2.26. The van der Waals surface area contributed by atoms with Gasteiger partial charge in [-0.1, -0.05) is 19.1 Å². The number of fused-ring (bicyclic) bond motifs is 1. The maximum atomic E-state index is 12.7. The average Bonchev–Trinajstić information content (AvgIpc) is 3.14. The van der Waals surface area contributed by atoms with Crippen LogP contribution in [0.25, 0.3) is 0 Å². The topological polar surface area (TPSA) is 77.9 Å². The van der Waals surface area contributed by atoms with Crippen LogP contribution in [0.1, 0.15) is 30.0 Å². The molecule has 0 spiro atoms. The summed E-state index contributed by atoms with van der Waals surface area (Å²) in [5.74, 6) is -0.964. The normalized spacial score (nSPS) is 18.6. The van der Waals surface area contributed by atoms with Gasteiger partial charge >= 0.3 is 12.2 Å². The molecule has 1 aromatic heterocycles. The molecule has 2 aromatic rings. The third kappa shape index (κ3) is 4.68. The highest BCUT2D eigenvalue weighted by Gasteiger charge is 2.36. The quantitative estimate of drug-likeness (QED) is 0.804. The molecule has 0 saturated heterocycles. The Balaban J connectivity index is 1.45. The number of hydrogen-bond acceptors (Lipinski definition) is 4. The van der Waals surface area contributed by atoms with E-state index in [2.05, 4.69) is 15.4 Å². The van der Waals surface area contributed by atoms with Gasteiger partial charge in [-0.05, 0) is 34.9 Å². The summed E-state index contributed by atoms with van der Waals surface area (Å²) in [6.07, 6.45) is -1.13. The molecule has 2 aliphatic rings. The number of alkyl halides is 3. The monoisotopic (exact) mass is 431 g/mol. The number of benzene rings is 1. The fourth-order valence-electron chi connectivity index (χ4n) is 3.67. The molecule has 1 aromatic carbocycles. The molecule has 0 saturated carbocycles. The van der Waals surface area contributed by atoms with Crippen LogP contribution in [0.4, 0.5) is 23.7 Å². The van der Waals surface area contributed by atoms with Crippen LogP contribution < -0.4 is 5.32 Å². The number of hydrazone groups is 1. The summed E-state index contributed by atoms with van der Waals surface area (Å²) < 4.78 is 38.2. The number of anilines is 1. The number of aromatic nitrogens is 1. The molecule has 1 unspecified atom stereocenters. The van der Waals surface area contributed by atoms with Crippen molar-refractivity contribution in [2.75, 3.05) is 11.9 Å². The van der Waals surface area contributed by atoms with Crippen LogP contribution in [-0.4, -0.2) is 45.3 Å². The zero-order valence-electron chi connectivity index (χ0n) is 16.7. The standard InChI is InChI=1S/C21H20F3N5O2/c1-13-8-18(30)29(12-21(22,23)24)27-19(13)14-2-4-17(5-3-14)26-20(31)28-10-15-6-7-25-9-16(15)11-28/h2-7,9,13H,8,10-12H2,1H3,(H,26,31). The summed E-state index contributed by atoms with van der Waals surface area (Å²) in [6, 6.07) is 8.31. The minimum absolute atomic E-state index is 0.0439. The number of carbonyl (C=O) groups excluding carboxylic acids is 2. The van der Waals surface area contributed by atoms with Crippen molar-refractivity contribution in [1.29, 1.82) is 0 Å². The van der Waals surface area contributed by atoms with Gasteiger partial charge in [-0.15, -0.1) is 0 Å². The fourth-order valence-corrected chi connectivity index (χ4v) is 3.67. The number of nitrogens with zero attached hydrogens (tertiary/aromatic N) is 4. The van der Waals surface area contributed by atoms with Crippen molar-refractivity contribution in [3.8, 4) is 0 Å². The van der Waals surface area contributed by atoms with Gasteiger partial charge in [0.2, 0.25) is 5.91 Å². The Labute approximate surface area is 176 Å². The Morgan fingerprint density at radius 3 is 2.55 bits per heavy atom. The van der Waals surface area contributed by atoms with Crippen LogP contribution in [0.3, 0.4) is 0 Å². The molecule has 3 heterocycles.